The van der Waals surface area contributed by atoms with Gasteiger partial charge in [0.1, 0.15) is 5.75 Å². The zero-order valence-electron chi connectivity index (χ0n) is 11.1. The number of halogens is 3. The number of nitrogens with one attached hydrogen (secondary N) is 1. The van der Waals surface area contributed by atoms with Crippen molar-refractivity contribution >= 4 is 46.4 Å². The van der Waals surface area contributed by atoms with Crippen LogP contribution in [0.15, 0.2) is 36.4 Å². The number of hydrogen-bond acceptors (Lipinski definition) is 3. The third-order valence-corrected chi connectivity index (χ3v) is 3.66. The van der Waals surface area contributed by atoms with E-state index in [9.17, 15) is 4.79 Å². The van der Waals surface area contributed by atoms with Gasteiger partial charge in [-0.05, 0) is 36.4 Å². The highest BCUT2D eigenvalue weighted by atomic mass is 35.5. The van der Waals surface area contributed by atoms with E-state index in [4.69, 9.17) is 44.8 Å². The summed E-state index contributed by atoms with van der Waals surface area (Å²) in [5, 5.41) is 12.4. The summed E-state index contributed by atoms with van der Waals surface area (Å²) in [6.45, 7) is -0.230. The molecule has 7 heteroatoms. The summed E-state index contributed by atoms with van der Waals surface area (Å²) >= 11 is 17.6. The number of carbonyl (C=O) groups is 1. The quantitative estimate of drug-likeness (QED) is 0.876. The second-order valence-electron chi connectivity index (χ2n) is 4.22. The van der Waals surface area contributed by atoms with Crippen molar-refractivity contribution in [1.29, 1.82) is 5.26 Å². The third kappa shape index (κ3) is 4.28. The van der Waals surface area contributed by atoms with Gasteiger partial charge in [0, 0.05) is 5.69 Å². The van der Waals surface area contributed by atoms with Crippen LogP contribution >= 0.6 is 34.8 Å². The lowest BCUT2D eigenvalue weighted by molar-refractivity contribution is -0.118. The molecule has 0 spiro atoms. The van der Waals surface area contributed by atoms with Gasteiger partial charge in [-0.1, -0.05) is 34.8 Å². The first-order chi connectivity index (χ1) is 10.5. The van der Waals surface area contributed by atoms with Gasteiger partial charge in [0.05, 0.1) is 26.7 Å². The zero-order chi connectivity index (χ0) is 16.1. The molecule has 112 valence electrons. The minimum Gasteiger partial charge on any atom is -0.482 e. The number of ether oxygens (including phenoxy) is 1. The van der Waals surface area contributed by atoms with Gasteiger partial charge in [0.2, 0.25) is 0 Å². The molecule has 2 rings (SSSR count). The van der Waals surface area contributed by atoms with E-state index >= 15 is 0 Å². The first-order valence-electron chi connectivity index (χ1n) is 6.07. The van der Waals surface area contributed by atoms with E-state index in [0.717, 1.165) is 0 Å². The van der Waals surface area contributed by atoms with Gasteiger partial charge in [-0.3, -0.25) is 4.79 Å². The Balaban J connectivity index is 1.95. The van der Waals surface area contributed by atoms with Crippen molar-refractivity contribution in [3.05, 3.63) is 57.0 Å². The smallest absolute Gasteiger partial charge is 0.262 e. The Labute approximate surface area is 142 Å². The fourth-order valence-electron chi connectivity index (χ4n) is 1.60. The van der Waals surface area contributed by atoms with Crippen LogP contribution in [0.2, 0.25) is 15.1 Å². The first kappa shape index (κ1) is 16.4. The Kier molecular flexibility index (Phi) is 5.51. The van der Waals surface area contributed by atoms with Gasteiger partial charge < -0.3 is 10.1 Å². The minimum atomic E-state index is -0.376. The van der Waals surface area contributed by atoms with Crippen molar-refractivity contribution in [2.75, 3.05) is 11.9 Å². The standard InChI is InChI=1S/C15H9Cl3N2O2/c16-11-3-2-10(6-12(11)17)20-15(21)8-22-14-4-1-9(7-19)5-13(14)18/h1-6H,8H2,(H,20,21). The van der Waals surface area contributed by atoms with Gasteiger partial charge in [0.15, 0.2) is 6.61 Å². The lowest BCUT2D eigenvalue weighted by Crippen LogP contribution is -2.20. The number of hydrogen-bond donors (Lipinski definition) is 1. The average Bonchev–Trinajstić information content (AvgIpc) is 2.49. The van der Waals surface area contributed by atoms with Crippen LogP contribution in [-0.2, 0) is 4.79 Å². The van der Waals surface area contributed by atoms with Crippen LogP contribution < -0.4 is 10.1 Å². The van der Waals surface area contributed by atoms with E-state index in [1.165, 1.54) is 18.2 Å². The summed E-state index contributed by atoms with van der Waals surface area (Å²) in [4.78, 5) is 11.8. The van der Waals surface area contributed by atoms with Gasteiger partial charge in [-0.25, -0.2) is 0 Å². The van der Waals surface area contributed by atoms with Crippen LogP contribution in [0.1, 0.15) is 5.56 Å². The SMILES string of the molecule is N#Cc1ccc(OCC(=O)Nc2ccc(Cl)c(Cl)c2)c(Cl)c1. The number of nitrogens with zero attached hydrogens (tertiary/aromatic N) is 1. The lowest BCUT2D eigenvalue weighted by Gasteiger charge is -2.09. The summed E-state index contributed by atoms with van der Waals surface area (Å²) in [6.07, 6.45) is 0. The molecule has 0 saturated carbocycles. The average molecular weight is 356 g/mol. The summed E-state index contributed by atoms with van der Waals surface area (Å²) in [7, 11) is 0. The largest absolute Gasteiger partial charge is 0.482 e. The van der Waals surface area contributed by atoms with E-state index in [1.807, 2.05) is 6.07 Å². The molecular formula is C15H9Cl3N2O2. The summed E-state index contributed by atoms with van der Waals surface area (Å²) in [5.41, 5.74) is 0.923. The molecule has 0 aliphatic heterocycles. The highest BCUT2D eigenvalue weighted by molar-refractivity contribution is 6.42. The molecule has 4 nitrogen and oxygen atoms in total. The highest BCUT2D eigenvalue weighted by Crippen LogP contribution is 2.26. The van der Waals surface area contributed by atoms with Gasteiger partial charge in [0.25, 0.3) is 5.91 Å². The third-order valence-electron chi connectivity index (χ3n) is 2.62. The maximum absolute atomic E-state index is 11.8. The molecule has 1 amide bonds. The summed E-state index contributed by atoms with van der Waals surface area (Å²) < 4.78 is 5.31. The van der Waals surface area contributed by atoms with E-state index < -0.39 is 0 Å². The Hall–Kier alpha value is -1.93. The lowest BCUT2D eigenvalue weighted by atomic mass is 10.2. The van der Waals surface area contributed by atoms with Gasteiger partial charge in [-0.2, -0.15) is 5.26 Å². The molecule has 1 N–H and O–H groups in total. The van der Waals surface area contributed by atoms with Crippen molar-refractivity contribution in [3.63, 3.8) is 0 Å². The van der Waals surface area contributed by atoms with Crippen molar-refractivity contribution in [3.8, 4) is 11.8 Å². The molecule has 0 unspecified atom stereocenters. The highest BCUT2D eigenvalue weighted by Gasteiger charge is 2.08. The molecule has 0 atom stereocenters. The fraction of sp³-hybridized carbons (Fsp3) is 0.0667. The van der Waals surface area contributed by atoms with Crippen LogP contribution in [0, 0.1) is 11.3 Å². The Bertz CT molecular complexity index is 757. The van der Waals surface area contributed by atoms with Crippen molar-refractivity contribution in [2.24, 2.45) is 0 Å². The molecule has 0 aliphatic rings. The maximum atomic E-state index is 11.8. The number of carbonyl (C=O) groups excluding carboxylic acids is 1. The van der Waals surface area contributed by atoms with Crippen LogP contribution in [-0.4, -0.2) is 12.5 Å². The Morgan fingerprint density at radius 3 is 2.50 bits per heavy atom. The van der Waals surface area contributed by atoms with E-state index in [-0.39, 0.29) is 17.5 Å². The molecule has 0 bridgehead atoms. The van der Waals surface area contributed by atoms with Crippen LogP contribution in [0.5, 0.6) is 5.75 Å². The summed E-state index contributed by atoms with van der Waals surface area (Å²) in [6, 6.07) is 11.3. The topological polar surface area (TPSA) is 62.1 Å². The molecule has 0 aliphatic carbocycles. The van der Waals surface area contributed by atoms with Crippen LogP contribution in [0.4, 0.5) is 5.69 Å². The number of amides is 1. The Morgan fingerprint density at radius 1 is 1.09 bits per heavy atom. The predicted molar refractivity (Wildman–Crippen MR) is 86.8 cm³/mol. The molecular weight excluding hydrogens is 347 g/mol. The monoisotopic (exact) mass is 354 g/mol. The molecule has 0 radical (unpaired) electrons. The molecule has 2 aromatic rings. The maximum Gasteiger partial charge on any atom is 0.262 e. The molecule has 22 heavy (non-hydrogen) atoms. The van der Waals surface area contributed by atoms with Gasteiger partial charge in [-0.15, -0.1) is 0 Å². The second-order valence-corrected chi connectivity index (χ2v) is 5.44. The van der Waals surface area contributed by atoms with E-state index in [0.29, 0.717) is 27.0 Å². The molecule has 0 fully saturated rings. The van der Waals surface area contributed by atoms with Crippen LogP contribution in [0.3, 0.4) is 0 Å². The van der Waals surface area contributed by atoms with E-state index in [2.05, 4.69) is 5.32 Å². The predicted octanol–water partition coefficient (Wildman–Crippen LogP) is 4.54. The molecule has 0 heterocycles. The number of benzene rings is 2. The zero-order valence-corrected chi connectivity index (χ0v) is 13.3. The summed E-state index contributed by atoms with van der Waals surface area (Å²) in [5.74, 6) is -0.0521. The molecule has 0 aromatic heterocycles. The van der Waals surface area contributed by atoms with Crippen molar-refractivity contribution in [2.45, 2.75) is 0 Å². The Morgan fingerprint density at radius 2 is 1.86 bits per heavy atom. The second kappa shape index (κ2) is 7.37. The number of rotatable bonds is 4. The number of anilines is 1. The molecule has 0 saturated heterocycles. The van der Waals surface area contributed by atoms with Crippen molar-refractivity contribution < 1.29 is 9.53 Å². The molecule has 2 aromatic carbocycles. The van der Waals surface area contributed by atoms with Crippen molar-refractivity contribution in [1.82, 2.24) is 0 Å². The van der Waals surface area contributed by atoms with Crippen LogP contribution in [0.25, 0.3) is 0 Å². The number of nitriles is 1. The van der Waals surface area contributed by atoms with E-state index in [1.54, 1.807) is 18.2 Å². The normalized spacial score (nSPS) is 9.91. The minimum absolute atomic E-state index is 0.230. The first-order valence-corrected chi connectivity index (χ1v) is 7.20. The van der Waals surface area contributed by atoms with Gasteiger partial charge >= 0.3 is 0 Å². The fourth-order valence-corrected chi connectivity index (χ4v) is 2.13.